The molecule has 102 valence electrons. The number of rotatable bonds is 2. The quantitative estimate of drug-likeness (QED) is 0.816. The summed E-state index contributed by atoms with van der Waals surface area (Å²) in [7, 11) is 0. The van der Waals surface area contributed by atoms with E-state index in [0.29, 0.717) is 11.1 Å². The number of hydrogen-bond acceptors (Lipinski definition) is 3. The van der Waals surface area contributed by atoms with Crippen LogP contribution in [0.5, 0.6) is 0 Å². The van der Waals surface area contributed by atoms with Crippen LogP contribution in [-0.2, 0) is 0 Å². The Morgan fingerprint density at radius 1 is 0.789 bits per heavy atom. The van der Waals surface area contributed by atoms with Gasteiger partial charge >= 0.3 is 0 Å². The van der Waals surface area contributed by atoms with Gasteiger partial charge < -0.3 is 14.2 Å². The smallest absolute Gasteiger partial charge is 0.257 e. The van der Waals surface area contributed by atoms with Crippen LogP contribution in [0, 0.1) is 0 Å². The van der Waals surface area contributed by atoms with E-state index in [2.05, 4.69) is 0 Å². The van der Waals surface area contributed by atoms with Crippen LogP contribution in [0.15, 0.2) is 16.9 Å². The molecule has 0 radical (unpaired) electrons. The number of carbonyl (C=O) groups is 2. The van der Waals surface area contributed by atoms with Crippen LogP contribution < -0.4 is 0 Å². The average Bonchev–Trinajstić information content (AvgIpc) is 3.16. The predicted molar refractivity (Wildman–Crippen MR) is 69.0 cm³/mol. The van der Waals surface area contributed by atoms with Gasteiger partial charge in [0, 0.05) is 26.2 Å². The molecule has 0 aromatic carbocycles. The normalized spacial score (nSPS) is 19.2. The topological polar surface area (TPSA) is 53.8 Å². The van der Waals surface area contributed by atoms with Crippen molar-refractivity contribution in [1.82, 2.24) is 9.80 Å². The number of furan rings is 1. The highest BCUT2D eigenvalue weighted by molar-refractivity contribution is 6.07. The zero-order valence-electron chi connectivity index (χ0n) is 10.9. The molecule has 0 bridgehead atoms. The van der Waals surface area contributed by atoms with Crippen LogP contribution in [0.2, 0.25) is 0 Å². The number of nitrogens with zero attached hydrogens (tertiary/aromatic N) is 2. The zero-order chi connectivity index (χ0) is 13.2. The minimum atomic E-state index is -0.0752. The highest BCUT2D eigenvalue weighted by Gasteiger charge is 2.29. The van der Waals surface area contributed by atoms with Crippen LogP contribution in [-0.4, -0.2) is 47.8 Å². The molecule has 2 saturated heterocycles. The van der Waals surface area contributed by atoms with Crippen molar-refractivity contribution in [2.45, 2.75) is 25.7 Å². The second-order valence-corrected chi connectivity index (χ2v) is 5.20. The van der Waals surface area contributed by atoms with E-state index in [4.69, 9.17) is 4.42 Å². The second kappa shape index (κ2) is 5.07. The Balaban J connectivity index is 1.81. The third kappa shape index (κ3) is 2.25. The van der Waals surface area contributed by atoms with Gasteiger partial charge in [0.05, 0.1) is 11.1 Å². The van der Waals surface area contributed by atoms with E-state index < -0.39 is 0 Å². The Bertz CT molecular complexity index is 440. The van der Waals surface area contributed by atoms with E-state index in [0.717, 1.165) is 51.9 Å². The Kier molecular flexibility index (Phi) is 3.27. The molecule has 0 spiro atoms. The SMILES string of the molecule is O=C(c1cocc1C(=O)N1CCCC1)N1CCCC1. The lowest BCUT2D eigenvalue weighted by molar-refractivity contribution is 0.0755. The first-order chi connectivity index (χ1) is 9.27. The van der Waals surface area contributed by atoms with Crippen molar-refractivity contribution < 1.29 is 14.0 Å². The first kappa shape index (κ1) is 12.3. The van der Waals surface area contributed by atoms with Gasteiger partial charge in [0.15, 0.2) is 0 Å². The Labute approximate surface area is 112 Å². The van der Waals surface area contributed by atoms with Crippen LogP contribution in [0.3, 0.4) is 0 Å². The van der Waals surface area contributed by atoms with Crippen molar-refractivity contribution in [3.8, 4) is 0 Å². The summed E-state index contributed by atoms with van der Waals surface area (Å²) in [6, 6.07) is 0. The van der Waals surface area contributed by atoms with E-state index in [1.165, 1.54) is 12.5 Å². The lowest BCUT2D eigenvalue weighted by Gasteiger charge is -2.17. The molecule has 0 N–H and O–H groups in total. The molecule has 3 rings (SSSR count). The standard InChI is InChI=1S/C14H18N2O3/c17-13(15-5-1-2-6-15)11-9-19-10-12(11)14(18)16-7-3-4-8-16/h9-10H,1-8H2. The van der Waals surface area contributed by atoms with Crippen LogP contribution in [0.4, 0.5) is 0 Å². The molecule has 2 fully saturated rings. The van der Waals surface area contributed by atoms with Gasteiger partial charge in [0.2, 0.25) is 0 Å². The summed E-state index contributed by atoms with van der Waals surface area (Å²) < 4.78 is 5.11. The maximum atomic E-state index is 12.3. The first-order valence-corrected chi connectivity index (χ1v) is 6.92. The Hall–Kier alpha value is -1.78. The van der Waals surface area contributed by atoms with Crippen LogP contribution >= 0.6 is 0 Å². The van der Waals surface area contributed by atoms with Crippen molar-refractivity contribution in [1.29, 1.82) is 0 Å². The fourth-order valence-electron chi connectivity index (χ4n) is 2.81. The number of hydrogen-bond donors (Lipinski definition) is 0. The molecule has 19 heavy (non-hydrogen) atoms. The molecule has 1 aromatic rings. The third-order valence-electron chi connectivity index (χ3n) is 3.91. The van der Waals surface area contributed by atoms with Crippen molar-refractivity contribution in [3.05, 3.63) is 23.7 Å². The molecular formula is C14H18N2O3. The Morgan fingerprint density at radius 3 is 1.53 bits per heavy atom. The van der Waals surface area contributed by atoms with E-state index in [9.17, 15) is 9.59 Å². The largest absolute Gasteiger partial charge is 0.471 e. The van der Waals surface area contributed by atoms with Gasteiger partial charge in [-0.2, -0.15) is 0 Å². The summed E-state index contributed by atoms with van der Waals surface area (Å²) in [5.41, 5.74) is 0.831. The zero-order valence-corrected chi connectivity index (χ0v) is 10.9. The maximum Gasteiger partial charge on any atom is 0.257 e. The summed E-state index contributed by atoms with van der Waals surface area (Å²) in [4.78, 5) is 28.3. The summed E-state index contributed by atoms with van der Waals surface area (Å²) in [5, 5.41) is 0. The summed E-state index contributed by atoms with van der Waals surface area (Å²) in [6.07, 6.45) is 6.98. The molecule has 3 heterocycles. The summed E-state index contributed by atoms with van der Waals surface area (Å²) in [5.74, 6) is -0.150. The third-order valence-corrected chi connectivity index (χ3v) is 3.91. The summed E-state index contributed by atoms with van der Waals surface area (Å²) >= 11 is 0. The minimum Gasteiger partial charge on any atom is -0.471 e. The second-order valence-electron chi connectivity index (χ2n) is 5.20. The highest BCUT2D eigenvalue weighted by Crippen LogP contribution is 2.20. The van der Waals surface area contributed by atoms with Crippen LogP contribution in [0.1, 0.15) is 46.4 Å². The molecular weight excluding hydrogens is 244 g/mol. The van der Waals surface area contributed by atoms with E-state index >= 15 is 0 Å². The van der Waals surface area contributed by atoms with Gasteiger partial charge in [-0.1, -0.05) is 0 Å². The molecule has 5 nitrogen and oxygen atoms in total. The fraction of sp³-hybridized carbons (Fsp3) is 0.571. The van der Waals surface area contributed by atoms with Gasteiger partial charge in [-0.05, 0) is 25.7 Å². The highest BCUT2D eigenvalue weighted by atomic mass is 16.3. The fourth-order valence-corrected chi connectivity index (χ4v) is 2.81. The predicted octanol–water partition coefficient (Wildman–Crippen LogP) is 1.75. The molecule has 0 atom stereocenters. The van der Waals surface area contributed by atoms with Gasteiger partial charge in [-0.15, -0.1) is 0 Å². The molecule has 2 aliphatic rings. The van der Waals surface area contributed by atoms with Gasteiger partial charge in [-0.25, -0.2) is 0 Å². The maximum absolute atomic E-state index is 12.3. The lowest BCUT2D eigenvalue weighted by atomic mass is 10.1. The molecule has 0 saturated carbocycles. The molecule has 2 aliphatic heterocycles. The van der Waals surface area contributed by atoms with E-state index in [-0.39, 0.29) is 11.8 Å². The number of likely N-dealkylation sites (tertiary alicyclic amines) is 2. The number of amides is 2. The van der Waals surface area contributed by atoms with Crippen molar-refractivity contribution in [3.63, 3.8) is 0 Å². The summed E-state index contributed by atoms with van der Waals surface area (Å²) in [6.45, 7) is 3.12. The average molecular weight is 262 g/mol. The first-order valence-electron chi connectivity index (χ1n) is 6.92. The van der Waals surface area contributed by atoms with Crippen LogP contribution in [0.25, 0.3) is 0 Å². The molecule has 0 unspecified atom stereocenters. The van der Waals surface area contributed by atoms with E-state index in [1.807, 2.05) is 0 Å². The van der Waals surface area contributed by atoms with Crippen molar-refractivity contribution in [2.75, 3.05) is 26.2 Å². The number of carbonyl (C=O) groups excluding carboxylic acids is 2. The minimum absolute atomic E-state index is 0.0752. The molecule has 0 aliphatic carbocycles. The van der Waals surface area contributed by atoms with Gasteiger partial charge in [0.1, 0.15) is 12.5 Å². The molecule has 1 aromatic heterocycles. The molecule has 5 heteroatoms. The van der Waals surface area contributed by atoms with E-state index in [1.54, 1.807) is 9.80 Å². The Morgan fingerprint density at radius 2 is 1.16 bits per heavy atom. The monoisotopic (exact) mass is 262 g/mol. The van der Waals surface area contributed by atoms with Gasteiger partial charge in [-0.3, -0.25) is 9.59 Å². The molecule has 2 amide bonds. The lowest BCUT2D eigenvalue weighted by Crippen LogP contribution is -2.32. The van der Waals surface area contributed by atoms with Crippen molar-refractivity contribution in [2.24, 2.45) is 0 Å². The van der Waals surface area contributed by atoms with Crippen molar-refractivity contribution >= 4 is 11.8 Å². The van der Waals surface area contributed by atoms with Gasteiger partial charge in [0.25, 0.3) is 11.8 Å².